The molecule has 0 amide bonds. The van der Waals surface area contributed by atoms with E-state index in [1.54, 1.807) is 0 Å². The normalized spacial score (nSPS) is 13.1. The third-order valence-corrected chi connectivity index (χ3v) is 13.7. The molecule has 0 aliphatic rings. The van der Waals surface area contributed by atoms with Crippen molar-refractivity contribution in [1.82, 2.24) is 0 Å². The molecule has 0 atom stereocenters. The summed E-state index contributed by atoms with van der Waals surface area (Å²) in [6.45, 7) is 23.1. The summed E-state index contributed by atoms with van der Waals surface area (Å²) in [4.78, 5) is 0. The fraction of sp³-hybridized carbons (Fsp3) is 0.765. The lowest BCUT2D eigenvalue weighted by Crippen LogP contribution is -2.40. The lowest BCUT2D eigenvalue weighted by atomic mass is 10.2. The molecule has 1 nitrogen and oxygen atoms in total. The molecule has 114 valence electrons. The van der Waals surface area contributed by atoms with Crippen LogP contribution in [0.2, 0.25) is 36.3 Å². The highest BCUT2D eigenvalue weighted by molar-refractivity contribution is 6.87. The SMILES string of the molecule is CC(C)(C)[Si](C)(C)C#CC#CCO[Si](C)(C)C(C)(C)C. The van der Waals surface area contributed by atoms with Crippen molar-refractivity contribution in [3.63, 3.8) is 0 Å². The van der Waals surface area contributed by atoms with Crippen LogP contribution in [-0.4, -0.2) is 23.0 Å². The van der Waals surface area contributed by atoms with Crippen LogP contribution in [0.15, 0.2) is 0 Å². The van der Waals surface area contributed by atoms with E-state index < -0.39 is 16.4 Å². The van der Waals surface area contributed by atoms with Crippen LogP contribution in [0.4, 0.5) is 0 Å². The average molecular weight is 309 g/mol. The molecule has 0 heterocycles. The topological polar surface area (TPSA) is 9.23 Å². The monoisotopic (exact) mass is 308 g/mol. The van der Waals surface area contributed by atoms with Gasteiger partial charge in [0.25, 0.3) is 0 Å². The van der Waals surface area contributed by atoms with Gasteiger partial charge in [0, 0.05) is 0 Å². The molecule has 0 N–H and O–H groups in total. The number of hydrogen-bond acceptors (Lipinski definition) is 1. The maximum absolute atomic E-state index is 6.00. The first-order chi connectivity index (χ1) is 8.71. The Hall–Kier alpha value is -0.486. The van der Waals surface area contributed by atoms with Crippen molar-refractivity contribution in [2.45, 2.75) is 77.8 Å². The van der Waals surface area contributed by atoms with Crippen molar-refractivity contribution < 1.29 is 4.43 Å². The van der Waals surface area contributed by atoms with Crippen molar-refractivity contribution >= 4 is 16.4 Å². The average Bonchev–Trinajstić information content (AvgIpc) is 2.19. The fourth-order valence-electron chi connectivity index (χ4n) is 0.888. The van der Waals surface area contributed by atoms with Crippen LogP contribution in [0.3, 0.4) is 0 Å². The standard InChI is InChI=1S/C17H32OSi2/c1-16(2,3)19(7,8)15-13-11-12-14-18-20(9,10)17(4,5)6/h14H2,1-10H3. The molecule has 0 aliphatic heterocycles. The molecule has 20 heavy (non-hydrogen) atoms. The zero-order valence-corrected chi connectivity index (χ0v) is 17.1. The number of hydrogen-bond donors (Lipinski definition) is 0. The minimum absolute atomic E-state index is 0.238. The summed E-state index contributed by atoms with van der Waals surface area (Å²) in [5.41, 5.74) is 3.40. The van der Waals surface area contributed by atoms with E-state index in [9.17, 15) is 0 Å². The highest BCUT2D eigenvalue weighted by atomic mass is 28.4. The van der Waals surface area contributed by atoms with Gasteiger partial charge in [0.05, 0.1) is 6.61 Å². The summed E-state index contributed by atoms with van der Waals surface area (Å²) in [7, 11) is -3.20. The third kappa shape index (κ3) is 5.87. The highest BCUT2D eigenvalue weighted by Gasteiger charge is 2.36. The Kier molecular flexibility index (Phi) is 6.36. The largest absolute Gasteiger partial charge is 0.406 e. The van der Waals surface area contributed by atoms with Gasteiger partial charge in [-0.15, -0.1) is 5.54 Å². The first-order valence-electron chi connectivity index (χ1n) is 7.35. The van der Waals surface area contributed by atoms with Gasteiger partial charge in [0.1, 0.15) is 8.07 Å². The van der Waals surface area contributed by atoms with Gasteiger partial charge in [-0.3, -0.25) is 0 Å². The highest BCUT2D eigenvalue weighted by Crippen LogP contribution is 2.36. The molecule has 3 heteroatoms. The van der Waals surface area contributed by atoms with Crippen LogP contribution in [0.25, 0.3) is 0 Å². The van der Waals surface area contributed by atoms with Gasteiger partial charge < -0.3 is 4.43 Å². The lowest BCUT2D eigenvalue weighted by molar-refractivity contribution is 0.334. The fourth-order valence-corrected chi connectivity index (χ4v) is 2.50. The summed E-state index contributed by atoms with van der Waals surface area (Å²) in [5.74, 6) is 9.05. The predicted octanol–water partition coefficient (Wildman–Crippen LogP) is 5.06. The van der Waals surface area contributed by atoms with Crippen LogP contribution in [0.5, 0.6) is 0 Å². The summed E-state index contributed by atoms with van der Waals surface area (Å²) < 4.78 is 6.00. The van der Waals surface area contributed by atoms with Crippen LogP contribution in [0, 0.1) is 23.3 Å². The minimum atomic E-state index is -1.67. The van der Waals surface area contributed by atoms with E-state index in [1.165, 1.54) is 0 Å². The molecular formula is C17H32OSi2. The molecule has 0 spiro atoms. The molecule has 0 aliphatic carbocycles. The Bertz CT molecular complexity index is 440. The second-order valence-electron chi connectivity index (χ2n) is 8.48. The Morgan fingerprint density at radius 1 is 0.800 bits per heavy atom. The Morgan fingerprint density at radius 3 is 1.70 bits per heavy atom. The molecule has 0 aromatic heterocycles. The quantitative estimate of drug-likeness (QED) is 0.511. The second-order valence-corrected chi connectivity index (χ2v) is 18.3. The van der Waals surface area contributed by atoms with E-state index in [4.69, 9.17) is 4.43 Å². The Labute approximate surface area is 129 Å². The summed E-state index contributed by atoms with van der Waals surface area (Å²) in [5, 5.41) is 0.529. The van der Waals surface area contributed by atoms with Gasteiger partial charge in [0.2, 0.25) is 0 Å². The van der Waals surface area contributed by atoms with E-state index in [2.05, 4.69) is 91.0 Å². The predicted molar refractivity (Wildman–Crippen MR) is 95.9 cm³/mol. The summed E-state index contributed by atoms with van der Waals surface area (Å²) in [6, 6.07) is 0. The maximum Gasteiger partial charge on any atom is 0.193 e. The molecule has 0 aromatic carbocycles. The molecule has 0 radical (unpaired) electrons. The molecule has 0 unspecified atom stereocenters. The van der Waals surface area contributed by atoms with Gasteiger partial charge >= 0.3 is 0 Å². The molecule has 0 aromatic rings. The first-order valence-corrected chi connectivity index (χ1v) is 13.3. The smallest absolute Gasteiger partial charge is 0.193 e. The van der Waals surface area contributed by atoms with E-state index in [-0.39, 0.29) is 5.04 Å². The van der Waals surface area contributed by atoms with E-state index in [1.807, 2.05) is 0 Å². The molecule has 0 bridgehead atoms. The van der Waals surface area contributed by atoms with E-state index in [0.29, 0.717) is 11.6 Å². The maximum atomic E-state index is 6.00. The van der Waals surface area contributed by atoms with Gasteiger partial charge in [-0.25, -0.2) is 0 Å². The zero-order chi connectivity index (χ0) is 16.2. The van der Waals surface area contributed by atoms with Gasteiger partial charge in [-0.1, -0.05) is 60.6 Å². The minimum Gasteiger partial charge on any atom is -0.406 e. The van der Waals surface area contributed by atoms with Crippen molar-refractivity contribution in [3.05, 3.63) is 0 Å². The molecular weight excluding hydrogens is 276 g/mol. The van der Waals surface area contributed by atoms with Crippen LogP contribution >= 0.6 is 0 Å². The van der Waals surface area contributed by atoms with Crippen LogP contribution in [-0.2, 0) is 4.43 Å². The molecule has 0 saturated heterocycles. The zero-order valence-electron chi connectivity index (χ0n) is 15.1. The second kappa shape index (κ2) is 6.52. The summed E-state index contributed by atoms with van der Waals surface area (Å²) in [6.07, 6.45) is 0. The lowest BCUT2D eigenvalue weighted by Gasteiger charge is -2.35. The molecule has 0 saturated carbocycles. The Balaban J connectivity index is 4.56. The molecule has 0 rings (SSSR count). The van der Waals surface area contributed by atoms with Crippen molar-refractivity contribution in [1.29, 1.82) is 0 Å². The third-order valence-electron chi connectivity index (χ3n) is 4.71. The Morgan fingerprint density at radius 2 is 1.30 bits per heavy atom. The van der Waals surface area contributed by atoms with Gasteiger partial charge in [0.15, 0.2) is 8.32 Å². The van der Waals surface area contributed by atoms with Crippen molar-refractivity contribution in [2.75, 3.05) is 6.61 Å². The first kappa shape index (κ1) is 19.5. The summed E-state index contributed by atoms with van der Waals surface area (Å²) >= 11 is 0. The van der Waals surface area contributed by atoms with E-state index in [0.717, 1.165) is 0 Å². The molecule has 0 fully saturated rings. The van der Waals surface area contributed by atoms with Crippen LogP contribution in [0.1, 0.15) is 41.5 Å². The van der Waals surface area contributed by atoms with Crippen molar-refractivity contribution in [3.8, 4) is 23.3 Å². The van der Waals surface area contributed by atoms with E-state index >= 15 is 0 Å². The van der Waals surface area contributed by atoms with Gasteiger partial charge in [-0.05, 0) is 35.0 Å². The number of rotatable bonds is 2. The van der Waals surface area contributed by atoms with Crippen molar-refractivity contribution in [2.24, 2.45) is 0 Å². The van der Waals surface area contributed by atoms with Gasteiger partial charge in [-0.2, -0.15) is 0 Å². The van der Waals surface area contributed by atoms with Crippen LogP contribution < -0.4 is 0 Å².